The first-order valence-corrected chi connectivity index (χ1v) is 8.73. The average molecular weight is 442 g/mol. The van der Waals surface area contributed by atoms with E-state index in [0.29, 0.717) is 11.1 Å². The van der Waals surface area contributed by atoms with Crippen molar-refractivity contribution in [3.05, 3.63) is 93.6 Å². The van der Waals surface area contributed by atoms with Crippen LogP contribution in [0, 0.1) is 3.57 Å². The minimum Gasteiger partial charge on any atom is -0.267 e. The molecule has 0 aliphatic carbocycles. The largest absolute Gasteiger partial charge is 0.269 e. The first-order chi connectivity index (χ1) is 12.1. The highest BCUT2D eigenvalue weighted by Crippen LogP contribution is 2.19. The van der Waals surface area contributed by atoms with Crippen LogP contribution in [-0.2, 0) is 0 Å². The van der Waals surface area contributed by atoms with Gasteiger partial charge in [0.05, 0.1) is 0 Å². The fourth-order valence-corrected chi connectivity index (χ4v) is 2.88. The van der Waals surface area contributed by atoms with Crippen LogP contribution in [0.15, 0.2) is 78.9 Å². The fraction of sp³-hybridized carbons (Fsp3) is 0. The fourth-order valence-electron chi connectivity index (χ4n) is 2.33. The highest BCUT2D eigenvalue weighted by molar-refractivity contribution is 14.1. The normalized spacial score (nSPS) is 10.1. The number of carbonyl (C=O) groups excluding carboxylic acids is 2. The summed E-state index contributed by atoms with van der Waals surface area (Å²) in [6.45, 7) is 0. The summed E-state index contributed by atoms with van der Waals surface area (Å²) in [5.74, 6) is -0.716. The molecule has 0 aliphatic heterocycles. The second kappa shape index (κ2) is 7.94. The Labute approximate surface area is 159 Å². The number of carbonyl (C=O) groups is 2. The third-order valence-electron chi connectivity index (χ3n) is 3.63. The van der Waals surface area contributed by atoms with Gasteiger partial charge in [-0.2, -0.15) is 0 Å². The molecule has 0 heterocycles. The number of hydrazine groups is 1. The first kappa shape index (κ1) is 17.2. The van der Waals surface area contributed by atoms with Crippen molar-refractivity contribution in [3.8, 4) is 11.1 Å². The Morgan fingerprint density at radius 2 is 1.24 bits per heavy atom. The number of nitrogens with one attached hydrogen (secondary N) is 2. The molecule has 2 amide bonds. The van der Waals surface area contributed by atoms with Gasteiger partial charge in [-0.05, 0) is 64.0 Å². The van der Waals surface area contributed by atoms with E-state index in [2.05, 4.69) is 33.4 Å². The maximum absolute atomic E-state index is 12.2. The van der Waals surface area contributed by atoms with E-state index in [1.807, 2.05) is 48.5 Å². The van der Waals surface area contributed by atoms with Crippen molar-refractivity contribution in [3.63, 3.8) is 0 Å². The number of halogens is 1. The maximum Gasteiger partial charge on any atom is 0.269 e. The van der Waals surface area contributed by atoms with E-state index < -0.39 is 0 Å². The van der Waals surface area contributed by atoms with E-state index in [-0.39, 0.29) is 11.8 Å². The van der Waals surface area contributed by atoms with E-state index in [1.54, 1.807) is 30.3 Å². The van der Waals surface area contributed by atoms with Crippen LogP contribution in [0.2, 0.25) is 0 Å². The summed E-state index contributed by atoms with van der Waals surface area (Å²) in [4.78, 5) is 24.2. The van der Waals surface area contributed by atoms with E-state index in [9.17, 15) is 9.59 Å². The van der Waals surface area contributed by atoms with Crippen LogP contribution in [0.3, 0.4) is 0 Å². The quantitative estimate of drug-likeness (QED) is 0.476. The van der Waals surface area contributed by atoms with Gasteiger partial charge < -0.3 is 0 Å². The van der Waals surface area contributed by atoms with E-state index in [4.69, 9.17) is 0 Å². The lowest BCUT2D eigenvalue weighted by Crippen LogP contribution is -2.41. The van der Waals surface area contributed by atoms with Gasteiger partial charge in [-0.25, -0.2) is 0 Å². The first-order valence-electron chi connectivity index (χ1n) is 7.65. The van der Waals surface area contributed by atoms with Gasteiger partial charge in [-0.3, -0.25) is 20.4 Å². The highest BCUT2D eigenvalue weighted by atomic mass is 127. The lowest BCUT2D eigenvalue weighted by Gasteiger charge is -2.08. The van der Waals surface area contributed by atoms with E-state index in [1.165, 1.54) is 0 Å². The van der Waals surface area contributed by atoms with Gasteiger partial charge in [-0.15, -0.1) is 0 Å². The summed E-state index contributed by atoms with van der Waals surface area (Å²) in [5.41, 5.74) is 7.94. The van der Waals surface area contributed by atoms with Gasteiger partial charge in [0.25, 0.3) is 11.8 Å². The molecule has 3 aromatic carbocycles. The molecule has 0 radical (unpaired) electrons. The molecule has 0 bridgehead atoms. The van der Waals surface area contributed by atoms with Crippen molar-refractivity contribution >= 4 is 34.4 Å². The molecular formula is C20H15IN2O2. The summed E-state index contributed by atoms with van der Waals surface area (Å²) in [7, 11) is 0. The molecule has 3 aromatic rings. The van der Waals surface area contributed by atoms with Gasteiger partial charge in [0.15, 0.2) is 0 Å². The molecule has 2 N–H and O–H groups in total. The smallest absolute Gasteiger partial charge is 0.267 e. The predicted octanol–water partition coefficient (Wildman–Crippen LogP) is 4.03. The minimum atomic E-state index is -0.362. The Kier molecular flexibility index (Phi) is 5.45. The molecule has 0 aliphatic rings. The SMILES string of the molecule is O=C(NNC(=O)c1cccc(I)c1)c1ccc(-c2ccccc2)cc1. The Balaban J connectivity index is 1.63. The zero-order chi connectivity index (χ0) is 17.6. The van der Waals surface area contributed by atoms with Crippen LogP contribution < -0.4 is 10.9 Å². The zero-order valence-electron chi connectivity index (χ0n) is 13.2. The average Bonchev–Trinajstić information content (AvgIpc) is 2.66. The van der Waals surface area contributed by atoms with E-state index >= 15 is 0 Å². The van der Waals surface area contributed by atoms with Crippen molar-refractivity contribution in [2.24, 2.45) is 0 Å². The van der Waals surface area contributed by atoms with Gasteiger partial charge >= 0.3 is 0 Å². The lowest BCUT2D eigenvalue weighted by molar-refractivity contribution is 0.0846. The van der Waals surface area contributed by atoms with Crippen molar-refractivity contribution < 1.29 is 9.59 Å². The molecule has 0 atom stereocenters. The number of hydrogen-bond donors (Lipinski definition) is 2. The zero-order valence-corrected chi connectivity index (χ0v) is 15.4. The molecule has 0 spiro atoms. The Morgan fingerprint density at radius 1 is 0.640 bits per heavy atom. The molecular weight excluding hydrogens is 427 g/mol. The van der Waals surface area contributed by atoms with Crippen LogP contribution in [-0.4, -0.2) is 11.8 Å². The van der Waals surface area contributed by atoms with Gasteiger partial charge in [0.1, 0.15) is 0 Å². The van der Waals surface area contributed by atoms with Gasteiger partial charge in [-0.1, -0.05) is 48.5 Å². The summed E-state index contributed by atoms with van der Waals surface area (Å²) < 4.78 is 0.952. The molecule has 0 saturated heterocycles. The second-order valence-corrected chi connectivity index (χ2v) is 6.61. The third-order valence-corrected chi connectivity index (χ3v) is 4.30. The number of rotatable bonds is 3. The maximum atomic E-state index is 12.2. The molecule has 0 aromatic heterocycles. The van der Waals surface area contributed by atoms with Gasteiger partial charge in [0.2, 0.25) is 0 Å². The monoisotopic (exact) mass is 442 g/mol. The van der Waals surface area contributed by atoms with Crippen molar-refractivity contribution in [2.75, 3.05) is 0 Å². The van der Waals surface area contributed by atoms with Crippen LogP contribution in [0.25, 0.3) is 11.1 Å². The number of benzene rings is 3. The molecule has 124 valence electrons. The molecule has 5 heteroatoms. The predicted molar refractivity (Wildman–Crippen MR) is 106 cm³/mol. The Morgan fingerprint density at radius 3 is 1.88 bits per heavy atom. The summed E-state index contributed by atoms with van der Waals surface area (Å²) in [6, 6.07) is 24.3. The van der Waals surface area contributed by atoms with Crippen LogP contribution in [0.5, 0.6) is 0 Å². The Hall–Kier alpha value is -2.67. The molecule has 4 nitrogen and oxygen atoms in total. The standard InChI is InChI=1S/C20H15IN2O2/c21-18-8-4-7-17(13-18)20(25)23-22-19(24)16-11-9-15(10-12-16)14-5-2-1-3-6-14/h1-13H,(H,22,24)(H,23,25). The molecule has 0 fully saturated rings. The number of hydrogen-bond acceptors (Lipinski definition) is 2. The highest BCUT2D eigenvalue weighted by Gasteiger charge is 2.09. The van der Waals surface area contributed by atoms with Crippen LogP contribution in [0.4, 0.5) is 0 Å². The third kappa shape index (κ3) is 4.45. The second-order valence-electron chi connectivity index (χ2n) is 5.36. The van der Waals surface area contributed by atoms with Crippen molar-refractivity contribution in [1.29, 1.82) is 0 Å². The minimum absolute atomic E-state index is 0.354. The molecule has 0 unspecified atom stereocenters. The van der Waals surface area contributed by atoms with Crippen LogP contribution in [0.1, 0.15) is 20.7 Å². The van der Waals surface area contributed by atoms with E-state index in [0.717, 1.165) is 14.7 Å². The lowest BCUT2D eigenvalue weighted by atomic mass is 10.0. The molecule has 25 heavy (non-hydrogen) atoms. The number of amides is 2. The summed E-state index contributed by atoms with van der Waals surface area (Å²) >= 11 is 2.13. The summed E-state index contributed by atoms with van der Waals surface area (Å²) in [5, 5.41) is 0. The molecule has 3 rings (SSSR count). The Bertz CT molecular complexity index is 893. The van der Waals surface area contributed by atoms with Gasteiger partial charge in [0, 0.05) is 14.7 Å². The molecule has 0 saturated carbocycles. The topological polar surface area (TPSA) is 58.2 Å². The van der Waals surface area contributed by atoms with Crippen LogP contribution >= 0.6 is 22.6 Å². The van der Waals surface area contributed by atoms with Crippen molar-refractivity contribution in [1.82, 2.24) is 10.9 Å². The van der Waals surface area contributed by atoms with Crippen molar-refractivity contribution in [2.45, 2.75) is 0 Å². The summed E-state index contributed by atoms with van der Waals surface area (Å²) in [6.07, 6.45) is 0.